The smallest absolute Gasteiger partial charge is 0.240 e. The van der Waals surface area contributed by atoms with Crippen LogP contribution in [0.4, 0.5) is 5.69 Å². The van der Waals surface area contributed by atoms with Crippen LogP contribution in [0.5, 0.6) is 0 Å². The molecule has 0 radical (unpaired) electrons. The van der Waals surface area contributed by atoms with E-state index in [0.717, 1.165) is 16.3 Å². The van der Waals surface area contributed by atoms with Gasteiger partial charge in [0.2, 0.25) is 15.9 Å². The Balaban J connectivity index is 1.61. The molecule has 3 aromatic rings. The zero-order valence-electron chi connectivity index (χ0n) is 14.7. The second-order valence-electron chi connectivity index (χ2n) is 6.16. The van der Waals surface area contributed by atoms with Crippen LogP contribution in [0.3, 0.4) is 0 Å². The number of fused-ring (bicyclic) bond motifs is 1. The third-order valence-electron chi connectivity index (χ3n) is 4.15. The third kappa shape index (κ3) is 4.86. The van der Waals surface area contributed by atoms with Crippen LogP contribution < -0.4 is 10.0 Å². The molecule has 0 fully saturated rings. The van der Waals surface area contributed by atoms with Crippen LogP contribution in [0, 0.1) is 6.92 Å². The molecular formula is C20H19ClN2O3S. The summed E-state index contributed by atoms with van der Waals surface area (Å²) in [5.74, 6) is -0.290. The molecule has 0 saturated carbocycles. The lowest BCUT2D eigenvalue weighted by atomic mass is 10.1. The molecule has 0 heterocycles. The molecule has 2 N–H and O–H groups in total. The van der Waals surface area contributed by atoms with Gasteiger partial charge in [0.05, 0.1) is 4.90 Å². The maximum Gasteiger partial charge on any atom is 0.240 e. The van der Waals surface area contributed by atoms with Crippen LogP contribution in [0.15, 0.2) is 65.6 Å². The van der Waals surface area contributed by atoms with Crippen molar-refractivity contribution in [2.24, 2.45) is 0 Å². The topological polar surface area (TPSA) is 75.3 Å². The first kappa shape index (κ1) is 19.4. The van der Waals surface area contributed by atoms with Crippen molar-refractivity contribution >= 4 is 44.0 Å². The highest BCUT2D eigenvalue weighted by Crippen LogP contribution is 2.21. The predicted molar refractivity (Wildman–Crippen MR) is 109 cm³/mol. The molecule has 27 heavy (non-hydrogen) atoms. The molecule has 0 aliphatic heterocycles. The standard InChI is InChI=1S/C20H19ClN2O3S/c1-14-6-8-17(21)13-19(14)23-20(24)10-11-22-27(25,26)18-9-7-15-4-2-3-5-16(15)12-18/h2-9,12-13,22H,10-11H2,1H3,(H,23,24). The van der Waals surface area contributed by atoms with Crippen LogP contribution in [-0.4, -0.2) is 20.9 Å². The summed E-state index contributed by atoms with van der Waals surface area (Å²) in [6, 6.07) is 17.7. The van der Waals surface area contributed by atoms with Gasteiger partial charge < -0.3 is 5.32 Å². The van der Waals surface area contributed by atoms with Gasteiger partial charge in [0.1, 0.15) is 0 Å². The molecule has 0 saturated heterocycles. The number of nitrogens with one attached hydrogen (secondary N) is 2. The number of carbonyl (C=O) groups is 1. The van der Waals surface area contributed by atoms with Crippen molar-refractivity contribution < 1.29 is 13.2 Å². The van der Waals surface area contributed by atoms with Gasteiger partial charge in [0, 0.05) is 23.7 Å². The minimum Gasteiger partial charge on any atom is -0.326 e. The van der Waals surface area contributed by atoms with Gasteiger partial charge in [-0.2, -0.15) is 0 Å². The van der Waals surface area contributed by atoms with Crippen molar-refractivity contribution in [1.29, 1.82) is 0 Å². The summed E-state index contributed by atoms with van der Waals surface area (Å²) in [5, 5.41) is 5.07. The average Bonchev–Trinajstić information content (AvgIpc) is 2.64. The van der Waals surface area contributed by atoms with Gasteiger partial charge in [0.15, 0.2) is 0 Å². The molecule has 0 unspecified atom stereocenters. The zero-order valence-corrected chi connectivity index (χ0v) is 16.3. The van der Waals surface area contributed by atoms with E-state index in [9.17, 15) is 13.2 Å². The summed E-state index contributed by atoms with van der Waals surface area (Å²) >= 11 is 5.93. The van der Waals surface area contributed by atoms with Crippen LogP contribution in [0.25, 0.3) is 10.8 Å². The van der Waals surface area contributed by atoms with E-state index in [1.54, 1.807) is 36.4 Å². The first-order valence-electron chi connectivity index (χ1n) is 8.40. The SMILES string of the molecule is Cc1ccc(Cl)cc1NC(=O)CCNS(=O)(=O)c1ccc2ccccc2c1. The first-order valence-corrected chi connectivity index (χ1v) is 10.3. The Morgan fingerprint density at radius 2 is 1.74 bits per heavy atom. The Bertz CT molecular complexity index is 1100. The van der Waals surface area contributed by atoms with Crippen LogP contribution in [0.1, 0.15) is 12.0 Å². The molecule has 140 valence electrons. The van der Waals surface area contributed by atoms with E-state index in [1.165, 1.54) is 0 Å². The van der Waals surface area contributed by atoms with Crippen molar-refractivity contribution in [3.05, 3.63) is 71.2 Å². The van der Waals surface area contributed by atoms with Crippen LogP contribution >= 0.6 is 11.6 Å². The molecule has 0 aliphatic rings. The maximum atomic E-state index is 12.5. The fourth-order valence-corrected chi connectivity index (χ4v) is 3.90. The molecular weight excluding hydrogens is 384 g/mol. The van der Waals surface area contributed by atoms with Crippen molar-refractivity contribution in [2.45, 2.75) is 18.2 Å². The lowest BCUT2D eigenvalue weighted by Crippen LogP contribution is -2.28. The van der Waals surface area contributed by atoms with Crippen molar-refractivity contribution in [3.63, 3.8) is 0 Å². The molecule has 7 heteroatoms. The fourth-order valence-electron chi connectivity index (χ4n) is 2.66. The van der Waals surface area contributed by atoms with E-state index >= 15 is 0 Å². The molecule has 1 amide bonds. The third-order valence-corrected chi connectivity index (χ3v) is 5.84. The second-order valence-corrected chi connectivity index (χ2v) is 8.37. The van der Waals surface area contributed by atoms with Crippen molar-refractivity contribution in [2.75, 3.05) is 11.9 Å². The Morgan fingerprint density at radius 1 is 1.00 bits per heavy atom. The Hall–Kier alpha value is -2.41. The normalized spacial score (nSPS) is 11.5. The molecule has 3 rings (SSSR count). The summed E-state index contributed by atoms with van der Waals surface area (Å²) in [6.45, 7) is 1.86. The largest absolute Gasteiger partial charge is 0.326 e. The number of halogens is 1. The van der Waals surface area contributed by atoms with E-state index in [0.29, 0.717) is 10.7 Å². The van der Waals surface area contributed by atoms with Crippen molar-refractivity contribution in [1.82, 2.24) is 4.72 Å². The number of hydrogen-bond donors (Lipinski definition) is 2. The Labute approximate surface area is 163 Å². The molecule has 0 bridgehead atoms. The Kier molecular flexibility index (Phi) is 5.79. The highest BCUT2D eigenvalue weighted by atomic mass is 35.5. The van der Waals surface area contributed by atoms with Gasteiger partial charge in [0.25, 0.3) is 0 Å². The number of amides is 1. The van der Waals surface area contributed by atoms with Gasteiger partial charge in [-0.1, -0.05) is 48.0 Å². The van der Waals surface area contributed by atoms with E-state index in [-0.39, 0.29) is 23.8 Å². The van der Waals surface area contributed by atoms with E-state index in [1.807, 2.05) is 31.2 Å². The number of carbonyl (C=O) groups excluding carboxylic acids is 1. The molecule has 0 spiro atoms. The van der Waals surface area contributed by atoms with E-state index in [4.69, 9.17) is 11.6 Å². The quantitative estimate of drug-likeness (QED) is 0.651. The molecule has 0 atom stereocenters. The van der Waals surface area contributed by atoms with E-state index < -0.39 is 10.0 Å². The summed E-state index contributed by atoms with van der Waals surface area (Å²) in [6.07, 6.45) is 0.0127. The van der Waals surface area contributed by atoms with Gasteiger partial charge in [-0.15, -0.1) is 0 Å². The zero-order chi connectivity index (χ0) is 19.4. The maximum absolute atomic E-state index is 12.5. The summed E-state index contributed by atoms with van der Waals surface area (Å²) in [7, 11) is -3.69. The lowest BCUT2D eigenvalue weighted by molar-refractivity contribution is -0.116. The molecule has 3 aromatic carbocycles. The second kappa shape index (κ2) is 8.08. The van der Waals surface area contributed by atoms with Crippen LogP contribution in [0.2, 0.25) is 5.02 Å². The van der Waals surface area contributed by atoms with Gasteiger partial charge in [-0.25, -0.2) is 13.1 Å². The average molecular weight is 403 g/mol. The number of sulfonamides is 1. The summed E-state index contributed by atoms with van der Waals surface area (Å²) in [5.41, 5.74) is 1.49. The summed E-state index contributed by atoms with van der Waals surface area (Å²) < 4.78 is 27.4. The minimum absolute atomic E-state index is 0.000602. The molecule has 0 aromatic heterocycles. The van der Waals surface area contributed by atoms with Gasteiger partial charge >= 0.3 is 0 Å². The van der Waals surface area contributed by atoms with E-state index in [2.05, 4.69) is 10.0 Å². The molecule has 0 aliphatic carbocycles. The van der Waals surface area contributed by atoms with Crippen LogP contribution in [-0.2, 0) is 14.8 Å². The lowest BCUT2D eigenvalue weighted by Gasteiger charge is -2.10. The number of hydrogen-bond acceptors (Lipinski definition) is 3. The molecule has 5 nitrogen and oxygen atoms in total. The number of benzene rings is 3. The first-order chi connectivity index (χ1) is 12.8. The summed E-state index contributed by atoms with van der Waals surface area (Å²) in [4.78, 5) is 12.3. The van der Waals surface area contributed by atoms with Gasteiger partial charge in [-0.05, 0) is 47.5 Å². The fraction of sp³-hybridized carbons (Fsp3) is 0.150. The highest BCUT2D eigenvalue weighted by Gasteiger charge is 2.15. The number of anilines is 1. The number of rotatable bonds is 6. The highest BCUT2D eigenvalue weighted by molar-refractivity contribution is 7.89. The Morgan fingerprint density at radius 3 is 2.52 bits per heavy atom. The number of aryl methyl sites for hydroxylation is 1. The minimum atomic E-state index is -3.69. The monoisotopic (exact) mass is 402 g/mol. The van der Waals surface area contributed by atoms with Crippen molar-refractivity contribution in [3.8, 4) is 0 Å². The van der Waals surface area contributed by atoms with Gasteiger partial charge in [-0.3, -0.25) is 4.79 Å². The predicted octanol–water partition coefficient (Wildman–Crippen LogP) is 4.11.